The van der Waals surface area contributed by atoms with E-state index in [1.807, 2.05) is 30.3 Å². The highest BCUT2D eigenvalue weighted by Crippen LogP contribution is 2.66. The molecule has 3 aliphatic carbocycles. The number of nitrogens with zero attached hydrogens (tertiary/aromatic N) is 2. The summed E-state index contributed by atoms with van der Waals surface area (Å²) in [5.74, 6) is 1.01. The Kier molecular flexibility index (Phi) is 7.49. The fraction of sp³-hybridized carbons (Fsp3) is 0.600. The van der Waals surface area contributed by atoms with Gasteiger partial charge in [0.05, 0.1) is 23.9 Å². The van der Waals surface area contributed by atoms with Gasteiger partial charge in [0.1, 0.15) is 5.69 Å². The molecule has 2 aromatic rings. The van der Waals surface area contributed by atoms with Crippen LogP contribution in [0.15, 0.2) is 48.9 Å². The first-order chi connectivity index (χ1) is 18.1. The van der Waals surface area contributed by atoms with Crippen LogP contribution >= 0.6 is 0 Å². The van der Waals surface area contributed by atoms with Gasteiger partial charge < -0.3 is 14.6 Å². The van der Waals surface area contributed by atoms with Gasteiger partial charge in [0, 0.05) is 24.6 Å². The van der Waals surface area contributed by atoms with E-state index in [1.165, 1.54) is 25.0 Å². The third-order valence-corrected chi connectivity index (χ3v) is 9.36. The van der Waals surface area contributed by atoms with E-state index in [0.717, 1.165) is 18.4 Å². The minimum absolute atomic E-state index is 0.0198. The molecule has 1 saturated heterocycles. The topological polar surface area (TPSA) is 90.4 Å². The molecule has 6 rings (SSSR count). The van der Waals surface area contributed by atoms with Crippen molar-refractivity contribution in [2.45, 2.75) is 90.3 Å². The van der Waals surface area contributed by atoms with Crippen LogP contribution < -0.4 is 5.32 Å². The number of hydrogen-bond acceptors (Lipinski definition) is 6. The van der Waals surface area contributed by atoms with Crippen LogP contribution in [0.1, 0.15) is 76.4 Å². The summed E-state index contributed by atoms with van der Waals surface area (Å²) in [5, 5.41) is 2.94. The van der Waals surface area contributed by atoms with Crippen molar-refractivity contribution < 1.29 is 18.9 Å². The molecule has 0 radical (unpaired) electrons. The number of Topliss-reactive ketones (excluding diaryl/α,β-unsaturated/α-hetero) is 1. The average molecular weight is 517 g/mol. The zero-order chi connectivity index (χ0) is 27.1. The summed E-state index contributed by atoms with van der Waals surface area (Å²) < 4.78 is 13.4. The maximum absolute atomic E-state index is 13.9. The van der Waals surface area contributed by atoms with Crippen LogP contribution in [0.25, 0.3) is 0 Å². The lowest BCUT2D eigenvalue weighted by molar-refractivity contribution is -0.199. The highest BCUT2D eigenvalue weighted by molar-refractivity contribution is 6.47. The van der Waals surface area contributed by atoms with Gasteiger partial charge in [-0.1, -0.05) is 58.0 Å². The number of rotatable bonds is 10. The highest BCUT2D eigenvalue weighted by atomic mass is 16.7. The van der Waals surface area contributed by atoms with Gasteiger partial charge in [0.2, 0.25) is 0 Å². The molecule has 0 spiro atoms. The van der Waals surface area contributed by atoms with Crippen LogP contribution in [0.3, 0.4) is 0 Å². The summed E-state index contributed by atoms with van der Waals surface area (Å²) >= 11 is 0. The van der Waals surface area contributed by atoms with E-state index in [2.05, 4.69) is 49.9 Å². The van der Waals surface area contributed by atoms with Crippen LogP contribution in [-0.2, 0) is 20.5 Å². The number of nitrogens with one attached hydrogen (secondary N) is 1. The van der Waals surface area contributed by atoms with Gasteiger partial charge in [-0.25, -0.2) is 4.98 Å². The van der Waals surface area contributed by atoms with Gasteiger partial charge in [-0.3, -0.25) is 14.6 Å². The zero-order valence-corrected chi connectivity index (χ0v) is 23.2. The summed E-state index contributed by atoms with van der Waals surface area (Å²) in [5.41, 5.74) is 1.13. The molecule has 2 bridgehead atoms. The van der Waals surface area contributed by atoms with E-state index in [9.17, 15) is 9.59 Å². The molecule has 7 nitrogen and oxygen atoms in total. The van der Waals surface area contributed by atoms with Crippen LogP contribution in [0.2, 0.25) is 5.82 Å². The number of hydrogen-bond donors (Lipinski definition) is 1. The van der Waals surface area contributed by atoms with Crippen molar-refractivity contribution in [2.75, 3.05) is 0 Å². The highest BCUT2D eigenvalue weighted by Gasteiger charge is 2.68. The number of carbonyl (C=O) groups is 2. The lowest BCUT2D eigenvalue weighted by Gasteiger charge is -2.64. The number of aromatic nitrogens is 2. The predicted molar refractivity (Wildman–Crippen MR) is 146 cm³/mol. The Morgan fingerprint density at radius 2 is 1.89 bits per heavy atom. The first kappa shape index (κ1) is 27.0. The van der Waals surface area contributed by atoms with E-state index in [4.69, 9.17) is 9.31 Å². The minimum Gasteiger partial charge on any atom is -0.405 e. The minimum atomic E-state index is -0.687. The molecule has 4 aliphatic rings. The van der Waals surface area contributed by atoms with Crippen molar-refractivity contribution in [2.24, 2.45) is 23.2 Å². The van der Waals surface area contributed by atoms with E-state index >= 15 is 0 Å². The van der Waals surface area contributed by atoms with E-state index in [0.29, 0.717) is 24.2 Å². The first-order valence-corrected chi connectivity index (χ1v) is 14.0. The Balaban J connectivity index is 1.34. The first-order valence-electron chi connectivity index (χ1n) is 14.0. The fourth-order valence-electron chi connectivity index (χ4n) is 7.14. The molecule has 2 heterocycles. The maximum Gasteiger partial charge on any atom is 0.461 e. The van der Waals surface area contributed by atoms with Crippen molar-refractivity contribution in [3.63, 3.8) is 0 Å². The molecule has 3 saturated carbocycles. The van der Waals surface area contributed by atoms with Crippen molar-refractivity contribution in [1.82, 2.24) is 15.3 Å². The molecular weight excluding hydrogens is 477 g/mol. The van der Waals surface area contributed by atoms with Crippen molar-refractivity contribution >= 4 is 18.8 Å². The predicted octanol–water partition coefficient (Wildman–Crippen LogP) is 4.92. The van der Waals surface area contributed by atoms with E-state index < -0.39 is 19.1 Å². The van der Waals surface area contributed by atoms with Gasteiger partial charge in [0.15, 0.2) is 5.78 Å². The largest absolute Gasteiger partial charge is 0.461 e. The second-order valence-electron chi connectivity index (χ2n) is 12.7. The molecule has 202 valence electrons. The SMILES string of the molecule is CC(C)CC(CC(=O)[C@H](Cc1ccccc1)NC(=O)c1cnccn1)B1OC2CC3CC(C3(C)C)[C@@]2(C)O1. The molecule has 1 aromatic carbocycles. The Hall–Kier alpha value is -2.58. The van der Waals surface area contributed by atoms with Crippen LogP contribution in [0.4, 0.5) is 0 Å². The van der Waals surface area contributed by atoms with Crippen LogP contribution in [0.5, 0.6) is 0 Å². The second-order valence-corrected chi connectivity index (χ2v) is 12.7. The average Bonchev–Trinajstić information content (AvgIpc) is 3.26. The van der Waals surface area contributed by atoms with Crippen LogP contribution in [0, 0.1) is 23.2 Å². The Morgan fingerprint density at radius 3 is 2.55 bits per heavy atom. The summed E-state index contributed by atoms with van der Waals surface area (Å²) in [4.78, 5) is 34.9. The lowest BCUT2D eigenvalue weighted by atomic mass is 9.43. The number of carbonyl (C=O) groups excluding carboxylic acids is 2. The monoisotopic (exact) mass is 517 g/mol. The molecule has 4 unspecified atom stereocenters. The number of amides is 1. The molecule has 6 atom stereocenters. The van der Waals surface area contributed by atoms with Gasteiger partial charge >= 0.3 is 7.12 Å². The Bertz CT molecular complexity index is 1140. The zero-order valence-electron chi connectivity index (χ0n) is 23.2. The quantitative estimate of drug-likeness (QED) is 0.450. The summed E-state index contributed by atoms with van der Waals surface area (Å²) in [7, 11) is -0.417. The molecule has 1 aromatic heterocycles. The van der Waals surface area contributed by atoms with Gasteiger partial charge in [-0.15, -0.1) is 0 Å². The van der Waals surface area contributed by atoms with Crippen molar-refractivity contribution in [3.8, 4) is 0 Å². The molecular formula is C30H40BN3O4. The van der Waals surface area contributed by atoms with E-state index in [1.54, 1.807) is 0 Å². The molecule has 1 amide bonds. The molecule has 4 fully saturated rings. The maximum atomic E-state index is 13.9. The standard InChI is InChI=1S/C30H40BN3O4/c1-19(2)13-22(31-37-27-16-21-15-26(29(21,3)4)30(27,5)38-31)17-25(35)23(14-20-9-7-6-8-10-20)34-28(36)24-18-32-11-12-33-24/h6-12,18-19,21-23,26-27H,13-17H2,1-5H3,(H,34,36)/t21?,22?,23-,26?,27?,30+/m0/s1. The van der Waals surface area contributed by atoms with Crippen molar-refractivity contribution in [3.05, 3.63) is 60.2 Å². The van der Waals surface area contributed by atoms with Gasteiger partial charge in [-0.2, -0.15) is 0 Å². The summed E-state index contributed by atoms with van der Waals surface area (Å²) in [6, 6.07) is 9.09. The molecule has 38 heavy (non-hydrogen) atoms. The van der Waals surface area contributed by atoms with Gasteiger partial charge in [0.25, 0.3) is 5.91 Å². The van der Waals surface area contributed by atoms with Gasteiger partial charge in [-0.05, 0) is 61.3 Å². The third kappa shape index (κ3) is 5.17. The lowest BCUT2D eigenvalue weighted by Crippen LogP contribution is -2.65. The molecule has 1 N–H and O–H groups in total. The molecule has 1 aliphatic heterocycles. The molecule has 8 heteroatoms. The normalized spacial score (nSPS) is 28.8. The second kappa shape index (κ2) is 10.5. The van der Waals surface area contributed by atoms with Crippen molar-refractivity contribution in [1.29, 1.82) is 0 Å². The number of ketones is 1. The fourth-order valence-corrected chi connectivity index (χ4v) is 7.14. The van der Waals surface area contributed by atoms with Crippen LogP contribution in [-0.4, -0.2) is 46.5 Å². The smallest absolute Gasteiger partial charge is 0.405 e. The third-order valence-electron chi connectivity index (χ3n) is 9.36. The Labute approximate surface area is 226 Å². The Morgan fingerprint density at radius 1 is 1.13 bits per heavy atom. The summed E-state index contributed by atoms with van der Waals surface area (Å²) in [6.07, 6.45) is 8.19. The number of benzene rings is 1. The van der Waals surface area contributed by atoms with E-state index in [-0.39, 0.29) is 40.8 Å². The summed E-state index contributed by atoms with van der Waals surface area (Å²) in [6.45, 7) is 11.3.